The average Bonchev–Trinajstić information content (AvgIpc) is 2.60. The summed E-state index contributed by atoms with van der Waals surface area (Å²) in [4.78, 5) is 4.04. The van der Waals surface area contributed by atoms with Crippen LogP contribution in [-0.2, 0) is 16.4 Å². The fourth-order valence-electron chi connectivity index (χ4n) is 1.40. The predicted octanol–water partition coefficient (Wildman–Crippen LogP) is 0.344. The van der Waals surface area contributed by atoms with Crippen molar-refractivity contribution in [3.8, 4) is 0 Å². The number of aromatic nitrogens is 2. The van der Waals surface area contributed by atoms with Crippen molar-refractivity contribution in [2.24, 2.45) is 5.73 Å². The van der Waals surface area contributed by atoms with Crippen LogP contribution in [-0.4, -0.2) is 35.5 Å². The van der Waals surface area contributed by atoms with Crippen LogP contribution in [0.5, 0.6) is 0 Å². The molecule has 0 saturated heterocycles. The van der Waals surface area contributed by atoms with Gasteiger partial charge in [0.25, 0.3) is 0 Å². The Balaban J connectivity index is 2.52. The fraction of sp³-hybridized carbons (Fsp3) is 0.700. The molecule has 16 heavy (non-hydrogen) atoms. The Morgan fingerprint density at radius 2 is 2.25 bits per heavy atom. The molecule has 5 nitrogen and oxygen atoms in total. The van der Waals surface area contributed by atoms with Crippen LogP contribution in [0.1, 0.15) is 19.2 Å². The number of sulfone groups is 1. The smallest absolute Gasteiger partial charge is 0.153 e. The van der Waals surface area contributed by atoms with Gasteiger partial charge in [-0.25, -0.2) is 13.4 Å². The molecule has 1 rings (SSSR count). The van der Waals surface area contributed by atoms with Gasteiger partial charge in [-0.15, -0.1) is 0 Å². The van der Waals surface area contributed by atoms with Crippen LogP contribution in [0, 0.1) is 6.92 Å². The zero-order valence-corrected chi connectivity index (χ0v) is 10.6. The molecular formula is C10H19N3O2S. The van der Waals surface area contributed by atoms with Crippen molar-refractivity contribution in [3.05, 3.63) is 18.2 Å². The standard InChI is InChI=1S/C10H19N3O2S/c1-3-10(11)8-16(14,15)7-6-13-5-4-12-9(13)2/h4-5,10H,3,6-8,11H2,1-2H3. The van der Waals surface area contributed by atoms with E-state index in [1.54, 1.807) is 12.4 Å². The molecule has 0 aromatic carbocycles. The van der Waals surface area contributed by atoms with E-state index in [0.29, 0.717) is 13.0 Å². The molecule has 6 heteroatoms. The van der Waals surface area contributed by atoms with E-state index in [9.17, 15) is 8.42 Å². The number of hydrogen-bond donors (Lipinski definition) is 1. The number of aryl methyl sites for hydroxylation is 2. The number of rotatable bonds is 6. The Kier molecular flexibility index (Phi) is 4.49. The highest BCUT2D eigenvalue weighted by molar-refractivity contribution is 7.91. The lowest BCUT2D eigenvalue weighted by atomic mass is 10.3. The summed E-state index contributed by atoms with van der Waals surface area (Å²) in [6, 6.07) is -0.256. The third kappa shape index (κ3) is 3.94. The van der Waals surface area contributed by atoms with E-state index in [1.807, 2.05) is 18.4 Å². The molecule has 1 unspecified atom stereocenters. The average molecular weight is 245 g/mol. The Bertz CT molecular complexity index is 425. The summed E-state index contributed by atoms with van der Waals surface area (Å²) >= 11 is 0. The lowest BCUT2D eigenvalue weighted by Crippen LogP contribution is -2.31. The third-order valence-corrected chi connectivity index (χ3v) is 4.30. The van der Waals surface area contributed by atoms with Crippen molar-refractivity contribution in [1.82, 2.24) is 9.55 Å². The largest absolute Gasteiger partial charge is 0.334 e. The maximum absolute atomic E-state index is 11.7. The number of nitrogens with zero attached hydrogens (tertiary/aromatic N) is 2. The molecule has 0 radical (unpaired) electrons. The van der Waals surface area contributed by atoms with Crippen molar-refractivity contribution in [2.45, 2.75) is 32.9 Å². The first-order valence-electron chi connectivity index (χ1n) is 5.38. The molecule has 1 aromatic heterocycles. The monoisotopic (exact) mass is 245 g/mol. The van der Waals surface area contributed by atoms with Crippen LogP contribution in [0.15, 0.2) is 12.4 Å². The zero-order chi connectivity index (χ0) is 12.2. The minimum absolute atomic E-state index is 0.0667. The van der Waals surface area contributed by atoms with E-state index in [0.717, 1.165) is 5.82 Å². The van der Waals surface area contributed by atoms with Gasteiger partial charge in [-0.1, -0.05) is 6.92 Å². The first-order valence-corrected chi connectivity index (χ1v) is 7.20. The van der Waals surface area contributed by atoms with Gasteiger partial charge in [-0.3, -0.25) is 0 Å². The lowest BCUT2D eigenvalue weighted by Gasteiger charge is -2.10. The van der Waals surface area contributed by atoms with Crippen LogP contribution >= 0.6 is 0 Å². The molecule has 0 aliphatic rings. The Hall–Kier alpha value is -0.880. The summed E-state index contributed by atoms with van der Waals surface area (Å²) in [5.74, 6) is 1.02. The fourth-order valence-corrected chi connectivity index (χ4v) is 2.93. The second-order valence-electron chi connectivity index (χ2n) is 3.95. The van der Waals surface area contributed by atoms with Crippen LogP contribution in [0.25, 0.3) is 0 Å². The molecule has 0 saturated carbocycles. The summed E-state index contributed by atoms with van der Waals surface area (Å²) in [6.45, 7) is 4.19. The summed E-state index contributed by atoms with van der Waals surface area (Å²) in [5, 5.41) is 0. The normalized spacial score (nSPS) is 13.9. The van der Waals surface area contributed by atoms with Gasteiger partial charge in [-0.05, 0) is 13.3 Å². The topological polar surface area (TPSA) is 78.0 Å². The van der Waals surface area contributed by atoms with E-state index in [1.165, 1.54) is 0 Å². The number of imidazole rings is 1. The highest BCUT2D eigenvalue weighted by Crippen LogP contribution is 2.01. The minimum Gasteiger partial charge on any atom is -0.334 e. The molecule has 1 aromatic rings. The molecule has 0 bridgehead atoms. The van der Waals surface area contributed by atoms with E-state index >= 15 is 0 Å². The van der Waals surface area contributed by atoms with Crippen molar-refractivity contribution in [2.75, 3.05) is 11.5 Å². The van der Waals surface area contributed by atoms with E-state index < -0.39 is 9.84 Å². The Labute approximate surface area is 96.6 Å². The van der Waals surface area contributed by atoms with Gasteiger partial charge in [0, 0.05) is 25.0 Å². The van der Waals surface area contributed by atoms with Gasteiger partial charge in [0.05, 0.1) is 11.5 Å². The lowest BCUT2D eigenvalue weighted by molar-refractivity contribution is 0.576. The van der Waals surface area contributed by atoms with Crippen LogP contribution in [0.2, 0.25) is 0 Å². The van der Waals surface area contributed by atoms with Crippen molar-refractivity contribution in [3.63, 3.8) is 0 Å². The van der Waals surface area contributed by atoms with Crippen molar-refractivity contribution >= 4 is 9.84 Å². The zero-order valence-electron chi connectivity index (χ0n) is 9.76. The molecule has 0 spiro atoms. The Morgan fingerprint density at radius 3 is 2.75 bits per heavy atom. The van der Waals surface area contributed by atoms with E-state index in [-0.39, 0.29) is 17.5 Å². The van der Waals surface area contributed by atoms with E-state index in [4.69, 9.17) is 5.73 Å². The maximum Gasteiger partial charge on any atom is 0.153 e. The molecule has 0 fully saturated rings. The predicted molar refractivity (Wildman–Crippen MR) is 63.9 cm³/mol. The van der Waals surface area contributed by atoms with Gasteiger partial charge >= 0.3 is 0 Å². The first-order chi connectivity index (χ1) is 7.44. The van der Waals surface area contributed by atoms with Crippen LogP contribution in [0.3, 0.4) is 0 Å². The van der Waals surface area contributed by atoms with E-state index in [2.05, 4.69) is 4.98 Å². The summed E-state index contributed by atoms with van der Waals surface area (Å²) in [7, 11) is -3.06. The Morgan fingerprint density at radius 1 is 1.56 bits per heavy atom. The van der Waals surface area contributed by atoms with Gasteiger partial charge in [0.2, 0.25) is 0 Å². The van der Waals surface area contributed by atoms with Crippen molar-refractivity contribution < 1.29 is 8.42 Å². The quantitative estimate of drug-likeness (QED) is 0.784. The molecule has 1 atom stereocenters. The second kappa shape index (κ2) is 5.45. The molecule has 0 aliphatic carbocycles. The minimum atomic E-state index is -3.06. The molecule has 92 valence electrons. The van der Waals surface area contributed by atoms with Gasteiger partial charge < -0.3 is 10.3 Å². The highest BCUT2D eigenvalue weighted by Gasteiger charge is 2.15. The highest BCUT2D eigenvalue weighted by atomic mass is 32.2. The molecule has 0 aliphatic heterocycles. The number of hydrogen-bond acceptors (Lipinski definition) is 4. The molecule has 2 N–H and O–H groups in total. The van der Waals surface area contributed by atoms with Crippen LogP contribution < -0.4 is 5.73 Å². The third-order valence-electron chi connectivity index (χ3n) is 2.56. The first kappa shape index (κ1) is 13.2. The van der Waals surface area contributed by atoms with Gasteiger partial charge in [0.1, 0.15) is 5.82 Å². The molecular weight excluding hydrogens is 226 g/mol. The van der Waals surface area contributed by atoms with Crippen LogP contribution in [0.4, 0.5) is 0 Å². The molecule has 1 heterocycles. The summed E-state index contributed by atoms with van der Waals surface area (Å²) < 4.78 is 25.2. The number of nitrogens with two attached hydrogens (primary N) is 1. The summed E-state index contributed by atoms with van der Waals surface area (Å²) in [6.07, 6.45) is 4.13. The van der Waals surface area contributed by atoms with Gasteiger partial charge in [0.15, 0.2) is 9.84 Å². The maximum atomic E-state index is 11.7. The van der Waals surface area contributed by atoms with Crippen molar-refractivity contribution in [1.29, 1.82) is 0 Å². The SMILES string of the molecule is CCC(N)CS(=O)(=O)CCn1ccnc1C. The second-order valence-corrected chi connectivity index (χ2v) is 6.18. The summed E-state index contributed by atoms with van der Waals surface area (Å²) in [5.41, 5.74) is 5.64. The molecule has 0 amide bonds. The van der Waals surface area contributed by atoms with Gasteiger partial charge in [-0.2, -0.15) is 0 Å².